The summed E-state index contributed by atoms with van der Waals surface area (Å²) in [5, 5.41) is 5.46. The number of rotatable bonds is 7. The summed E-state index contributed by atoms with van der Waals surface area (Å²) in [6.45, 7) is 9.22. The third-order valence-corrected chi connectivity index (χ3v) is 7.39. The lowest BCUT2D eigenvalue weighted by Gasteiger charge is -2.35. The van der Waals surface area contributed by atoms with Gasteiger partial charge < -0.3 is 15.5 Å². The highest BCUT2D eigenvalue weighted by Gasteiger charge is 2.29. The number of nitrogens with one attached hydrogen (secondary N) is 2. The molecular formula is C24H32N4O4S. The van der Waals surface area contributed by atoms with Gasteiger partial charge in [-0.1, -0.05) is 32.0 Å². The van der Waals surface area contributed by atoms with Crippen LogP contribution in [0.4, 0.5) is 17.1 Å². The van der Waals surface area contributed by atoms with Crippen LogP contribution in [0.5, 0.6) is 0 Å². The number of sulfonamides is 1. The van der Waals surface area contributed by atoms with Gasteiger partial charge in [-0.05, 0) is 49.2 Å². The minimum absolute atomic E-state index is 0.136. The number of piperazine rings is 1. The number of nitrogens with zero attached hydrogens (tertiary/aromatic N) is 2. The van der Waals surface area contributed by atoms with Gasteiger partial charge >= 0.3 is 0 Å². The lowest BCUT2D eigenvalue weighted by molar-refractivity contribution is -0.119. The molecule has 2 aromatic rings. The van der Waals surface area contributed by atoms with E-state index in [1.54, 1.807) is 32.0 Å². The van der Waals surface area contributed by atoms with Crippen LogP contribution in [0.25, 0.3) is 0 Å². The lowest BCUT2D eigenvalue weighted by atomic mass is 10.1. The molecule has 0 atom stereocenters. The molecule has 0 radical (unpaired) electrons. The van der Waals surface area contributed by atoms with Crippen molar-refractivity contribution in [1.29, 1.82) is 0 Å². The van der Waals surface area contributed by atoms with E-state index in [4.69, 9.17) is 0 Å². The first-order chi connectivity index (χ1) is 15.5. The Hall–Kier alpha value is -2.91. The van der Waals surface area contributed by atoms with Crippen molar-refractivity contribution in [2.24, 2.45) is 5.92 Å². The first-order valence-corrected chi connectivity index (χ1v) is 12.7. The van der Waals surface area contributed by atoms with Crippen LogP contribution in [-0.2, 0) is 19.6 Å². The third-order valence-electron chi connectivity index (χ3n) is 5.62. The van der Waals surface area contributed by atoms with E-state index in [1.165, 1.54) is 4.31 Å². The minimum atomic E-state index is -3.74. The van der Waals surface area contributed by atoms with E-state index in [0.717, 1.165) is 16.8 Å². The van der Waals surface area contributed by atoms with E-state index >= 15 is 0 Å². The second-order valence-corrected chi connectivity index (χ2v) is 10.7. The van der Waals surface area contributed by atoms with Crippen molar-refractivity contribution in [2.45, 2.75) is 27.7 Å². The Morgan fingerprint density at radius 3 is 2.30 bits per heavy atom. The number of amides is 2. The molecule has 2 amide bonds. The smallest absolute Gasteiger partial charge is 0.241 e. The zero-order chi connectivity index (χ0) is 24.2. The maximum absolute atomic E-state index is 12.8. The highest BCUT2D eigenvalue weighted by molar-refractivity contribution is 7.89. The molecule has 9 heteroatoms. The van der Waals surface area contributed by atoms with Crippen LogP contribution in [-0.4, -0.2) is 56.5 Å². The fourth-order valence-electron chi connectivity index (χ4n) is 3.61. The topological polar surface area (TPSA) is 98.8 Å². The Bertz CT molecular complexity index is 1120. The SMILES string of the molecule is Cc1cccc(N2CCN(S(=O)(=O)CC(=O)Nc3cc(NC(=O)C(C)C)ccc3C)CC2)c1. The number of hydrogen-bond acceptors (Lipinski definition) is 5. The van der Waals surface area contributed by atoms with E-state index in [9.17, 15) is 18.0 Å². The molecule has 2 aromatic carbocycles. The summed E-state index contributed by atoms with van der Waals surface area (Å²) in [6.07, 6.45) is 0. The number of carbonyl (C=O) groups excluding carboxylic acids is 2. The van der Waals surface area contributed by atoms with E-state index in [0.29, 0.717) is 37.6 Å². The van der Waals surface area contributed by atoms with Crippen molar-refractivity contribution in [1.82, 2.24) is 4.31 Å². The first kappa shape index (κ1) is 24.7. The number of benzene rings is 2. The summed E-state index contributed by atoms with van der Waals surface area (Å²) in [4.78, 5) is 26.7. The van der Waals surface area contributed by atoms with Crippen LogP contribution < -0.4 is 15.5 Å². The lowest BCUT2D eigenvalue weighted by Crippen LogP contribution is -2.50. The molecule has 0 spiro atoms. The van der Waals surface area contributed by atoms with Gasteiger partial charge in [-0.15, -0.1) is 0 Å². The molecule has 0 saturated carbocycles. The van der Waals surface area contributed by atoms with Gasteiger partial charge in [0.05, 0.1) is 0 Å². The molecule has 2 N–H and O–H groups in total. The van der Waals surface area contributed by atoms with Crippen molar-refractivity contribution in [3.05, 3.63) is 53.6 Å². The maximum Gasteiger partial charge on any atom is 0.241 e. The summed E-state index contributed by atoms with van der Waals surface area (Å²) in [7, 11) is -3.74. The molecule has 1 aliphatic rings. The van der Waals surface area contributed by atoms with Crippen molar-refractivity contribution >= 4 is 38.9 Å². The second kappa shape index (κ2) is 10.4. The van der Waals surface area contributed by atoms with Gasteiger partial charge in [0, 0.05) is 49.2 Å². The third kappa shape index (κ3) is 6.55. The molecular weight excluding hydrogens is 440 g/mol. The Morgan fingerprint density at radius 2 is 1.67 bits per heavy atom. The van der Waals surface area contributed by atoms with Gasteiger partial charge in [0.15, 0.2) is 0 Å². The van der Waals surface area contributed by atoms with Gasteiger partial charge in [-0.2, -0.15) is 4.31 Å². The van der Waals surface area contributed by atoms with Gasteiger partial charge in [0.2, 0.25) is 21.8 Å². The maximum atomic E-state index is 12.8. The highest BCUT2D eigenvalue weighted by Crippen LogP contribution is 2.22. The molecule has 0 aliphatic carbocycles. The molecule has 1 fully saturated rings. The van der Waals surface area contributed by atoms with Gasteiger partial charge in [-0.25, -0.2) is 8.42 Å². The minimum Gasteiger partial charge on any atom is -0.369 e. The highest BCUT2D eigenvalue weighted by atomic mass is 32.2. The van der Waals surface area contributed by atoms with Crippen LogP contribution in [0.3, 0.4) is 0 Å². The Balaban J connectivity index is 1.59. The molecule has 33 heavy (non-hydrogen) atoms. The van der Waals surface area contributed by atoms with Crippen LogP contribution >= 0.6 is 0 Å². The summed E-state index contributed by atoms with van der Waals surface area (Å²) >= 11 is 0. The summed E-state index contributed by atoms with van der Waals surface area (Å²) < 4.78 is 27.1. The van der Waals surface area contributed by atoms with Crippen molar-refractivity contribution in [2.75, 3.05) is 47.5 Å². The quantitative estimate of drug-likeness (QED) is 0.646. The zero-order valence-electron chi connectivity index (χ0n) is 19.6. The fraction of sp³-hybridized carbons (Fsp3) is 0.417. The largest absolute Gasteiger partial charge is 0.369 e. The molecule has 178 valence electrons. The van der Waals surface area contributed by atoms with Gasteiger partial charge in [0.1, 0.15) is 5.75 Å². The Labute approximate surface area is 196 Å². The number of anilines is 3. The normalized spacial score (nSPS) is 14.9. The standard InChI is InChI=1S/C24H32N4O4S/c1-17(2)24(30)25-20-9-8-19(4)22(15-20)26-23(29)16-33(31,32)28-12-10-27(11-13-28)21-7-5-6-18(3)14-21/h5-9,14-15,17H,10-13,16H2,1-4H3,(H,25,30)(H,26,29). The van der Waals surface area contributed by atoms with E-state index in [-0.39, 0.29) is 11.8 Å². The average Bonchev–Trinajstić information content (AvgIpc) is 2.75. The first-order valence-electron chi connectivity index (χ1n) is 11.1. The Morgan fingerprint density at radius 1 is 0.970 bits per heavy atom. The molecule has 0 aromatic heterocycles. The van der Waals surface area contributed by atoms with Crippen molar-refractivity contribution in [3.63, 3.8) is 0 Å². The Kier molecular flexibility index (Phi) is 7.76. The number of aryl methyl sites for hydroxylation is 2. The summed E-state index contributed by atoms with van der Waals surface area (Å²) in [5.41, 5.74) is 4.02. The number of carbonyl (C=O) groups is 2. The summed E-state index contributed by atoms with van der Waals surface area (Å²) in [6, 6.07) is 13.3. The van der Waals surface area contributed by atoms with Crippen LogP contribution in [0.2, 0.25) is 0 Å². The van der Waals surface area contributed by atoms with Crippen LogP contribution in [0.1, 0.15) is 25.0 Å². The van der Waals surface area contributed by atoms with Crippen LogP contribution in [0, 0.1) is 19.8 Å². The van der Waals surface area contributed by atoms with E-state index in [2.05, 4.69) is 21.6 Å². The van der Waals surface area contributed by atoms with Gasteiger partial charge in [-0.3, -0.25) is 9.59 Å². The molecule has 8 nitrogen and oxygen atoms in total. The molecule has 0 unspecified atom stereocenters. The van der Waals surface area contributed by atoms with Crippen LogP contribution in [0.15, 0.2) is 42.5 Å². The summed E-state index contributed by atoms with van der Waals surface area (Å²) in [5.74, 6) is -1.55. The molecule has 3 rings (SSSR count). The van der Waals surface area contributed by atoms with Gasteiger partial charge in [0.25, 0.3) is 0 Å². The predicted molar refractivity (Wildman–Crippen MR) is 132 cm³/mol. The zero-order valence-corrected chi connectivity index (χ0v) is 20.4. The van der Waals surface area contributed by atoms with E-state index in [1.807, 2.05) is 32.0 Å². The van der Waals surface area contributed by atoms with Crippen molar-refractivity contribution in [3.8, 4) is 0 Å². The monoisotopic (exact) mass is 472 g/mol. The predicted octanol–water partition coefficient (Wildman–Crippen LogP) is 2.99. The number of hydrogen-bond donors (Lipinski definition) is 2. The van der Waals surface area contributed by atoms with Crippen molar-refractivity contribution < 1.29 is 18.0 Å². The molecule has 1 saturated heterocycles. The molecule has 1 heterocycles. The molecule has 1 aliphatic heterocycles. The van der Waals surface area contributed by atoms with E-state index < -0.39 is 21.7 Å². The second-order valence-electron chi connectivity index (χ2n) is 8.70. The molecule has 0 bridgehead atoms. The average molecular weight is 473 g/mol. The fourth-order valence-corrected chi connectivity index (χ4v) is 4.92.